The van der Waals surface area contributed by atoms with Crippen LogP contribution in [-0.2, 0) is 11.3 Å². The number of carbonyl (C=O) groups is 1. The number of nitrogens with one attached hydrogen (secondary N) is 1. The fourth-order valence-corrected chi connectivity index (χ4v) is 3.42. The quantitative estimate of drug-likeness (QED) is 0.680. The molecule has 1 amide bonds. The van der Waals surface area contributed by atoms with Gasteiger partial charge in [-0.3, -0.25) is 4.79 Å². The van der Waals surface area contributed by atoms with Gasteiger partial charge in [-0.05, 0) is 30.8 Å². The molecule has 25 heavy (non-hydrogen) atoms. The van der Waals surface area contributed by atoms with Gasteiger partial charge in [-0.25, -0.2) is 4.98 Å². The van der Waals surface area contributed by atoms with Gasteiger partial charge in [0.05, 0.1) is 24.7 Å². The van der Waals surface area contributed by atoms with Gasteiger partial charge in [-0.15, -0.1) is 11.3 Å². The van der Waals surface area contributed by atoms with E-state index in [-0.39, 0.29) is 12.5 Å². The van der Waals surface area contributed by atoms with E-state index in [1.165, 1.54) is 16.9 Å². The Bertz CT molecular complexity index is 928. The Hall–Kier alpha value is -2.51. The molecule has 1 aromatic carbocycles. The molecular weight excluding hydrogens is 354 g/mol. The number of methoxy groups -OCH3 is 1. The van der Waals surface area contributed by atoms with Crippen molar-refractivity contribution in [1.29, 1.82) is 0 Å². The van der Waals surface area contributed by atoms with E-state index in [1.807, 2.05) is 41.1 Å². The molecule has 2 aromatic heterocycles. The molecule has 0 saturated carbocycles. The number of nitrogens with zero attached hydrogens (tertiary/aromatic N) is 2. The molecule has 7 heteroatoms. The van der Waals surface area contributed by atoms with Crippen molar-refractivity contribution < 1.29 is 9.53 Å². The molecule has 1 N–H and O–H groups in total. The largest absolute Gasteiger partial charge is 0.481 e. The average molecular weight is 371 g/mol. The van der Waals surface area contributed by atoms with Crippen molar-refractivity contribution in [2.75, 3.05) is 12.4 Å². The number of aryl methyl sites for hydroxylation is 1. The second-order valence-electron chi connectivity index (χ2n) is 5.48. The summed E-state index contributed by atoms with van der Waals surface area (Å²) in [5.74, 6) is 0.342. The van der Waals surface area contributed by atoms with Crippen molar-refractivity contribution >= 4 is 35.1 Å². The minimum Gasteiger partial charge on any atom is -0.481 e. The Morgan fingerprint density at radius 3 is 2.68 bits per heavy atom. The van der Waals surface area contributed by atoms with Crippen LogP contribution < -0.4 is 10.1 Å². The van der Waals surface area contributed by atoms with Gasteiger partial charge in [0.1, 0.15) is 6.54 Å². The number of pyridine rings is 1. The number of carbonyl (C=O) groups excluding carboxylic acids is 1. The van der Waals surface area contributed by atoms with Gasteiger partial charge in [-0.1, -0.05) is 29.8 Å². The summed E-state index contributed by atoms with van der Waals surface area (Å²) in [7, 11) is 1.55. The summed E-state index contributed by atoms with van der Waals surface area (Å²) in [5, 5.41) is 4.81. The third-order valence-electron chi connectivity index (χ3n) is 3.66. The first kappa shape index (κ1) is 17.3. The molecule has 0 aliphatic carbocycles. The predicted octanol–water partition coefficient (Wildman–Crippen LogP) is 4.30. The average Bonchev–Trinajstić information content (AvgIpc) is 2.97. The molecule has 3 rings (SSSR count). The number of anilines is 1. The van der Waals surface area contributed by atoms with Gasteiger partial charge in [0, 0.05) is 11.4 Å². The zero-order chi connectivity index (χ0) is 17.8. The van der Waals surface area contributed by atoms with Crippen LogP contribution in [0.15, 0.2) is 48.0 Å². The highest BCUT2D eigenvalue weighted by Crippen LogP contribution is 2.24. The third kappa shape index (κ3) is 4.12. The number of ether oxygens (including phenoxy) is 1. The van der Waals surface area contributed by atoms with E-state index in [2.05, 4.69) is 10.3 Å². The van der Waals surface area contributed by atoms with Crippen molar-refractivity contribution in [1.82, 2.24) is 9.55 Å². The van der Waals surface area contributed by atoms with E-state index in [0.29, 0.717) is 15.5 Å². The van der Waals surface area contributed by atoms with Crippen LogP contribution in [0.5, 0.6) is 5.88 Å². The fourth-order valence-electron chi connectivity index (χ4n) is 2.35. The van der Waals surface area contributed by atoms with Gasteiger partial charge >= 0.3 is 0 Å². The highest BCUT2D eigenvalue weighted by atomic mass is 32.1. The molecule has 2 heterocycles. The smallest absolute Gasteiger partial charge is 0.244 e. The zero-order valence-corrected chi connectivity index (χ0v) is 15.5. The molecule has 0 saturated heterocycles. The van der Waals surface area contributed by atoms with Gasteiger partial charge in [0.15, 0.2) is 3.95 Å². The number of amides is 1. The third-order valence-corrected chi connectivity index (χ3v) is 4.93. The molecule has 3 aromatic rings. The van der Waals surface area contributed by atoms with Crippen molar-refractivity contribution in [2.45, 2.75) is 13.5 Å². The maximum absolute atomic E-state index is 12.4. The first-order valence-electron chi connectivity index (χ1n) is 7.62. The van der Waals surface area contributed by atoms with Gasteiger partial charge in [0.25, 0.3) is 0 Å². The number of hydrogen-bond donors (Lipinski definition) is 1. The number of hydrogen-bond acceptors (Lipinski definition) is 5. The Balaban J connectivity index is 1.78. The minimum absolute atomic E-state index is 0.150. The summed E-state index contributed by atoms with van der Waals surface area (Å²) in [6.07, 6.45) is 1.56. The van der Waals surface area contributed by atoms with Crippen molar-refractivity contribution in [2.24, 2.45) is 0 Å². The summed E-state index contributed by atoms with van der Waals surface area (Å²) in [5.41, 5.74) is 3.79. The van der Waals surface area contributed by atoms with Crippen LogP contribution in [0.1, 0.15) is 5.56 Å². The molecule has 0 aliphatic heterocycles. The lowest BCUT2D eigenvalue weighted by Gasteiger charge is -2.10. The van der Waals surface area contributed by atoms with E-state index in [4.69, 9.17) is 17.0 Å². The van der Waals surface area contributed by atoms with Crippen LogP contribution in [0, 0.1) is 10.9 Å². The summed E-state index contributed by atoms with van der Waals surface area (Å²) in [6, 6.07) is 11.6. The second-order valence-corrected chi connectivity index (χ2v) is 6.98. The van der Waals surface area contributed by atoms with Crippen molar-refractivity contribution in [3.63, 3.8) is 0 Å². The summed E-state index contributed by atoms with van der Waals surface area (Å²) in [6.45, 7) is 2.19. The Morgan fingerprint density at radius 2 is 2.04 bits per heavy atom. The maximum Gasteiger partial charge on any atom is 0.244 e. The van der Waals surface area contributed by atoms with Crippen LogP contribution in [0.4, 0.5) is 5.69 Å². The molecule has 0 atom stereocenters. The first-order valence-corrected chi connectivity index (χ1v) is 8.91. The highest BCUT2D eigenvalue weighted by Gasteiger charge is 2.11. The molecule has 128 valence electrons. The first-order chi connectivity index (χ1) is 12.1. The molecule has 0 bridgehead atoms. The molecule has 0 spiro atoms. The van der Waals surface area contributed by atoms with E-state index in [1.54, 1.807) is 25.4 Å². The van der Waals surface area contributed by atoms with Gasteiger partial charge < -0.3 is 14.6 Å². The maximum atomic E-state index is 12.4. The van der Waals surface area contributed by atoms with E-state index >= 15 is 0 Å². The number of aromatic nitrogens is 2. The van der Waals surface area contributed by atoms with Crippen LogP contribution in [0.3, 0.4) is 0 Å². The predicted molar refractivity (Wildman–Crippen MR) is 103 cm³/mol. The highest BCUT2D eigenvalue weighted by molar-refractivity contribution is 7.73. The second kappa shape index (κ2) is 7.58. The van der Waals surface area contributed by atoms with E-state index in [9.17, 15) is 4.79 Å². The SMILES string of the molecule is COc1ccc(NC(=O)Cn2c(-c3ccc(C)cc3)csc2=S)cn1. The molecule has 0 aliphatic rings. The lowest BCUT2D eigenvalue weighted by Crippen LogP contribution is -2.19. The minimum atomic E-state index is -0.158. The number of thiazole rings is 1. The fraction of sp³-hybridized carbons (Fsp3) is 0.167. The summed E-state index contributed by atoms with van der Waals surface area (Å²) < 4.78 is 7.52. The van der Waals surface area contributed by atoms with E-state index < -0.39 is 0 Å². The van der Waals surface area contributed by atoms with Crippen molar-refractivity contribution in [3.8, 4) is 17.1 Å². The normalized spacial score (nSPS) is 10.5. The lowest BCUT2D eigenvalue weighted by atomic mass is 10.1. The standard InChI is InChI=1S/C18H17N3O2S2/c1-12-3-5-13(6-4-12)15-11-25-18(24)21(15)10-16(22)20-14-7-8-17(23-2)19-9-14/h3-9,11H,10H2,1-2H3,(H,20,22). The summed E-state index contributed by atoms with van der Waals surface area (Å²) in [4.78, 5) is 16.5. The molecule has 0 unspecified atom stereocenters. The zero-order valence-electron chi connectivity index (χ0n) is 13.9. The van der Waals surface area contributed by atoms with Crippen LogP contribution in [0.2, 0.25) is 0 Å². The summed E-state index contributed by atoms with van der Waals surface area (Å²) >= 11 is 6.84. The lowest BCUT2D eigenvalue weighted by molar-refractivity contribution is -0.116. The monoisotopic (exact) mass is 371 g/mol. The number of benzene rings is 1. The Morgan fingerprint density at radius 1 is 1.28 bits per heavy atom. The van der Waals surface area contributed by atoms with Crippen molar-refractivity contribution in [3.05, 3.63) is 57.5 Å². The van der Waals surface area contributed by atoms with Crippen LogP contribution in [0.25, 0.3) is 11.3 Å². The number of rotatable bonds is 5. The van der Waals surface area contributed by atoms with Crippen LogP contribution >= 0.6 is 23.6 Å². The molecular formula is C18H17N3O2S2. The Kier molecular flexibility index (Phi) is 5.25. The van der Waals surface area contributed by atoms with Crippen LogP contribution in [-0.4, -0.2) is 22.6 Å². The van der Waals surface area contributed by atoms with E-state index in [0.717, 1.165) is 11.3 Å². The molecule has 5 nitrogen and oxygen atoms in total. The van der Waals surface area contributed by atoms with Gasteiger partial charge in [-0.2, -0.15) is 0 Å². The topological polar surface area (TPSA) is 56.1 Å². The Labute approximate surface area is 154 Å². The molecule has 0 radical (unpaired) electrons. The molecule has 0 fully saturated rings. The van der Waals surface area contributed by atoms with Gasteiger partial charge in [0.2, 0.25) is 11.8 Å².